The number of nitrogens with zero attached hydrogens (tertiary/aromatic N) is 2. The van der Waals surface area contributed by atoms with E-state index in [9.17, 15) is 9.18 Å². The van der Waals surface area contributed by atoms with Crippen molar-refractivity contribution in [3.8, 4) is 0 Å². The molecule has 0 atom stereocenters. The third-order valence-corrected chi connectivity index (χ3v) is 3.24. The van der Waals surface area contributed by atoms with Crippen LogP contribution in [-0.2, 0) is 4.74 Å². The molecule has 0 fully saturated rings. The van der Waals surface area contributed by atoms with Gasteiger partial charge in [0.05, 0.1) is 11.9 Å². The average Bonchev–Trinajstić information content (AvgIpc) is 2.93. The molecule has 0 bridgehead atoms. The zero-order valence-electron chi connectivity index (χ0n) is 10.3. The summed E-state index contributed by atoms with van der Waals surface area (Å²) in [5.41, 5.74) is 2.02. The Kier molecular flexibility index (Phi) is 3.03. The summed E-state index contributed by atoms with van der Waals surface area (Å²) in [6, 6.07) is 4.69. The second-order valence-electron chi connectivity index (χ2n) is 4.47. The largest absolute Gasteiger partial charge is 0.442 e. The van der Waals surface area contributed by atoms with Gasteiger partial charge in [-0.2, -0.15) is 10.1 Å². The minimum atomic E-state index is -0.588. The third-order valence-electron chi connectivity index (χ3n) is 3.24. The lowest BCUT2D eigenvalue weighted by atomic mass is 10.0. The van der Waals surface area contributed by atoms with Gasteiger partial charge in [0.1, 0.15) is 12.4 Å². The Balaban J connectivity index is 1.92. The van der Waals surface area contributed by atoms with Gasteiger partial charge in [0.2, 0.25) is 0 Å². The summed E-state index contributed by atoms with van der Waals surface area (Å²) < 4.78 is 18.9. The molecule has 1 aromatic carbocycles. The van der Waals surface area contributed by atoms with Gasteiger partial charge in [0.25, 0.3) is 0 Å². The number of anilines is 1. The van der Waals surface area contributed by atoms with Gasteiger partial charge in [-0.1, -0.05) is 6.08 Å². The second kappa shape index (κ2) is 4.84. The van der Waals surface area contributed by atoms with E-state index < -0.39 is 6.09 Å². The highest BCUT2D eigenvalue weighted by molar-refractivity contribution is 5.91. The number of hydrogen-bond donors (Lipinski definition) is 0. The van der Waals surface area contributed by atoms with Crippen LogP contribution in [0.2, 0.25) is 0 Å². The number of allylic oxidation sites excluding steroid dienone is 2. The van der Waals surface area contributed by atoms with Crippen molar-refractivity contribution in [2.24, 2.45) is 5.10 Å². The number of hydrazone groups is 1. The Bertz CT molecular complexity index is 581. The van der Waals surface area contributed by atoms with Crippen molar-refractivity contribution < 1.29 is 13.9 Å². The van der Waals surface area contributed by atoms with E-state index in [-0.39, 0.29) is 12.4 Å². The monoisotopic (exact) mass is 260 g/mol. The lowest BCUT2D eigenvalue weighted by Gasteiger charge is -2.20. The predicted molar refractivity (Wildman–Crippen MR) is 70.5 cm³/mol. The normalized spacial score (nSPS) is 18.5. The van der Waals surface area contributed by atoms with E-state index >= 15 is 0 Å². The number of benzene rings is 1. The highest BCUT2D eigenvalue weighted by Gasteiger charge is 2.21. The zero-order chi connectivity index (χ0) is 13.2. The molecule has 4 nitrogen and oxygen atoms in total. The smallest absolute Gasteiger partial charge is 0.435 e. The average molecular weight is 260 g/mol. The van der Waals surface area contributed by atoms with E-state index in [0.717, 1.165) is 29.8 Å². The summed E-state index contributed by atoms with van der Waals surface area (Å²) in [5, 5.41) is 4.96. The number of ether oxygens (including phenoxy) is 1. The Morgan fingerprint density at radius 1 is 1.37 bits per heavy atom. The second-order valence-corrected chi connectivity index (χ2v) is 4.47. The summed E-state index contributed by atoms with van der Waals surface area (Å²) in [4.78, 5) is 11.5. The highest BCUT2D eigenvalue weighted by Crippen LogP contribution is 2.31. The fourth-order valence-electron chi connectivity index (χ4n) is 2.32. The van der Waals surface area contributed by atoms with Crippen LogP contribution in [0.1, 0.15) is 24.8 Å². The van der Waals surface area contributed by atoms with Crippen LogP contribution in [-0.4, -0.2) is 18.9 Å². The first-order chi connectivity index (χ1) is 9.25. The molecule has 5 heteroatoms. The third kappa shape index (κ3) is 2.23. The molecule has 1 aliphatic carbocycles. The number of halogens is 1. The van der Waals surface area contributed by atoms with E-state index in [1.165, 1.54) is 12.3 Å². The topological polar surface area (TPSA) is 41.9 Å². The number of amides is 1. The fraction of sp³-hybridized carbons (Fsp3) is 0.286. The number of hydrogen-bond acceptors (Lipinski definition) is 3. The predicted octanol–water partition coefficient (Wildman–Crippen LogP) is 3.34. The maximum atomic E-state index is 14.1. The summed E-state index contributed by atoms with van der Waals surface area (Å²) in [6.07, 6.45) is 5.91. The van der Waals surface area contributed by atoms with Gasteiger partial charge < -0.3 is 4.74 Å². The molecule has 19 heavy (non-hydrogen) atoms. The number of cyclic esters (lactones) is 1. The molecular formula is C14H13FN2O2. The van der Waals surface area contributed by atoms with Crippen LogP contribution in [0.4, 0.5) is 14.9 Å². The van der Waals surface area contributed by atoms with Crippen molar-refractivity contribution in [3.63, 3.8) is 0 Å². The molecule has 0 radical (unpaired) electrons. The minimum Gasteiger partial charge on any atom is -0.442 e. The molecular weight excluding hydrogens is 247 g/mol. The summed E-state index contributed by atoms with van der Waals surface area (Å²) in [7, 11) is 0. The van der Waals surface area contributed by atoms with Gasteiger partial charge in [-0.25, -0.2) is 9.18 Å². The van der Waals surface area contributed by atoms with Crippen LogP contribution in [0.5, 0.6) is 0 Å². The van der Waals surface area contributed by atoms with E-state index in [2.05, 4.69) is 11.2 Å². The Hall–Kier alpha value is -2.17. The van der Waals surface area contributed by atoms with Crippen molar-refractivity contribution in [2.75, 3.05) is 11.6 Å². The minimum absolute atomic E-state index is 0.156. The molecule has 98 valence electrons. The molecule has 1 amide bonds. The van der Waals surface area contributed by atoms with Gasteiger partial charge in [-0.15, -0.1) is 0 Å². The van der Waals surface area contributed by atoms with E-state index in [4.69, 9.17) is 4.74 Å². The van der Waals surface area contributed by atoms with Crippen LogP contribution in [0.25, 0.3) is 5.57 Å². The molecule has 1 heterocycles. The van der Waals surface area contributed by atoms with Crippen LogP contribution in [0, 0.1) is 5.82 Å². The first-order valence-electron chi connectivity index (χ1n) is 6.24. The van der Waals surface area contributed by atoms with Crippen molar-refractivity contribution in [2.45, 2.75) is 19.3 Å². The molecule has 0 unspecified atom stereocenters. The van der Waals surface area contributed by atoms with Gasteiger partial charge >= 0.3 is 6.09 Å². The maximum Gasteiger partial charge on any atom is 0.435 e. The Labute approximate surface area is 110 Å². The van der Waals surface area contributed by atoms with Gasteiger partial charge in [0, 0.05) is 11.6 Å². The zero-order valence-corrected chi connectivity index (χ0v) is 10.3. The number of carbonyl (C=O) groups is 1. The first kappa shape index (κ1) is 11.9. The molecule has 1 aromatic rings. The molecule has 2 aliphatic rings. The standard InChI is InChI=1S/C14H13FN2O2/c15-13-9-11(17-14(18)19-8-7-16-17)5-6-12(13)10-3-1-2-4-10/h3,5-7,9H,1-2,4,8H2. The molecule has 0 N–H and O–H groups in total. The summed E-state index contributed by atoms with van der Waals surface area (Å²) in [5.74, 6) is -0.334. The first-order valence-corrected chi connectivity index (χ1v) is 6.24. The van der Waals surface area contributed by atoms with Gasteiger partial charge in [-0.3, -0.25) is 0 Å². The van der Waals surface area contributed by atoms with Crippen LogP contribution in [0.3, 0.4) is 0 Å². The van der Waals surface area contributed by atoms with Crippen LogP contribution in [0.15, 0.2) is 29.4 Å². The van der Waals surface area contributed by atoms with E-state index in [0.29, 0.717) is 11.3 Å². The maximum absolute atomic E-state index is 14.1. The van der Waals surface area contributed by atoms with Gasteiger partial charge in [0.15, 0.2) is 0 Å². The van der Waals surface area contributed by atoms with E-state index in [1.807, 2.05) is 0 Å². The highest BCUT2D eigenvalue weighted by atomic mass is 19.1. The molecule has 0 saturated heterocycles. The molecule has 0 spiro atoms. The molecule has 1 aliphatic heterocycles. The number of carbonyl (C=O) groups excluding carboxylic acids is 1. The quantitative estimate of drug-likeness (QED) is 0.818. The fourth-order valence-corrected chi connectivity index (χ4v) is 2.32. The lowest BCUT2D eigenvalue weighted by Crippen LogP contribution is -2.31. The van der Waals surface area contributed by atoms with Crippen LogP contribution >= 0.6 is 0 Å². The van der Waals surface area contributed by atoms with Crippen molar-refractivity contribution in [1.29, 1.82) is 0 Å². The Morgan fingerprint density at radius 2 is 2.26 bits per heavy atom. The molecule has 0 saturated carbocycles. The van der Waals surface area contributed by atoms with Crippen molar-refractivity contribution in [1.82, 2.24) is 0 Å². The van der Waals surface area contributed by atoms with E-state index in [1.54, 1.807) is 12.1 Å². The molecule has 3 rings (SSSR count). The summed E-state index contributed by atoms with van der Waals surface area (Å²) >= 11 is 0. The summed E-state index contributed by atoms with van der Waals surface area (Å²) in [6.45, 7) is 0.156. The van der Waals surface area contributed by atoms with Crippen molar-refractivity contribution in [3.05, 3.63) is 35.7 Å². The van der Waals surface area contributed by atoms with Crippen LogP contribution < -0.4 is 5.01 Å². The Morgan fingerprint density at radius 3 is 2.95 bits per heavy atom. The van der Waals surface area contributed by atoms with Crippen molar-refractivity contribution >= 4 is 23.6 Å². The van der Waals surface area contributed by atoms with Gasteiger partial charge in [-0.05, 0) is 37.0 Å². The number of rotatable bonds is 2. The SMILES string of the molecule is O=C1OCC=NN1c1ccc(C2=CCCC2)c(F)c1. The lowest BCUT2D eigenvalue weighted by molar-refractivity contribution is 0.167. The molecule has 0 aromatic heterocycles.